The lowest BCUT2D eigenvalue weighted by Crippen LogP contribution is -2.13. The topological polar surface area (TPSA) is 127 Å². The molecule has 0 fully saturated rings. The quantitative estimate of drug-likeness (QED) is 0.527. The molecule has 0 amide bonds. The number of ether oxygens (including phenoxy) is 1. The van der Waals surface area contributed by atoms with E-state index in [4.69, 9.17) is 19.5 Å². The minimum absolute atomic E-state index is 0.120. The molecule has 2 aromatic heterocycles. The molecule has 0 saturated heterocycles. The Labute approximate surface area is 140 Å². The van der Waals surface area contributed by atoms with Crippen molar-refractivity contribution in [1.82, 2.24) is 25.0 Å². The summed E-state index contributed by atoms with van der Waals surface area (Å²) in [6, 6.07) is 0. The molecule has 134 valence electrons. The second-order valence-corrected chi connectivity index (χ2v) is 7.64. The number of rotatable bonds is 9. The van der Waals surface area contributed by atoms with Crippen LogP contribution >= 0.6 is 7.60 Å². The Hall–Kier alpha value is -1.61. The molecule has 0 aliphatic rings. The zero-order valence-corrected chi connectivity index (χ0v) is 15.1. The lowest BCUT2D eigenvalue weighted by molar-refractivity contribution is 0.0961. The Morgan fingerprint density at radius 3 is 2.50 bits per heavy atom. The molecule has 0 atom stereocenters. The average Bonchev–Trinajstić information content (AvgIpc) is 2.86. The first-order valence-corrected chi connectivity index (χ1v) is 9.37. The van der Waals surface area contributed by atoms with Crippen molar-refractivity contribution >= 4 is 24.6 Å². The highest BCUT2D eigenvalue weighted by atomic mass is 31.2. The van der Waals surface area contributed by atoms with E-state index in [0.29, 0.717) is 17.7 Å². The molecule has 11 heteroatoms. The Morgan fingerprint density at radius 1 is 1.21 bits per heavy atom. The minimum Gasteiger partial charge on any atom is -0.380 e. The van der Waals surface area contributed by atoms with Gasteiger partial charge in [-0.1, -0.05) is 0 Å². The van der Waals surface area contributed by atoms with Crippen molar-refractivity contribution in [2.24, 2.45) is 0 Å². The van der Waals surface area contributed by atoms with E-state index in [0.717, 1.165) is 0 Å². The van der Waals surface area contributed by atoms with E-state index in [1.54, 1.807) is 38.6 Å². The Balaban J connectivity index is 1.92. The number of nitrogens with zero attached hydrogens (tertiary/aromatic N) is 5. The summed E-state index contributed by atoms with van der Waals surface area (Å²) in [4.78, 5) is 4.14. The number of anilines is 1. The number of aromatic nitrogens is 5. The van der Waals surface area contributed by atoms with Gasteiger partial charge in [0.15, 0.2) is 17.0 Å². The van der Waals surface area contributed by atoms with Crippen LogP contribution in [0.4, 0.5) is 5.82 Å². The van der Waals surface area contributed by atoms with Crippen LogP contribution < -0.4 is 5.73 Å². The monoisotopic (exact) mass is 358 g/mol. The molecule has 2 rings (SSSR count). The van der Waals surface area contributed by atoms with Crippen LogP contribution in [0.2, 0.25) is 0 Å². The van der Waals surface area contributed by atoms with Gasteiger partial charge < -0.3 is 24.1 Å². The summed E-state index contributed by atoms with van der Waals surface area (Å²) in [6.45, 7) is 7.91. The maximum Gasteiger partial charge on any atom is 0.356 e. The smallest absolute Gasteiger partial charge is 0.356 e. The minimum atomic E-state index is -3.30. The molecule has 0 spiro atoms. The molecule has 0 aromatic carbocycles. The fraction of sp³-hybridized carbons (Fsp3) is 0.692. The van der Waals surface area contributed by atoms with E-state index in [9.17, 15) is 4.57 Å². The second-order valence-electron chi connectivity index (χ2n) is 5.74. The third kappa shape index (κ3) is 4.94. The number of hydrogen-bond donors (Lipinski definition) is 1. The van der Waals surface area contributed by atoms with Crippen LogP contribution in [0.3, 0.4) is 0 Å². The molecule has 2 heterocycles. The maximum atomic E-state index is 12.6. The maximum absolute atomic E-state index is 12.6. The van der Waals surface area contributed by atoms with Gasteiger partial charge in [-0.05, 0) is 32.9 Å². The fourth-order valence-corrected chi connectivity index (χ4v) is 3.86. The number of nitrogens with two attached hydrogens (primary N) is 1. The van der Waals surface area contributed by atoms with Gasteiger partial charge >= 0.3 is 7.60 Å². The lowest BCUT2D eigenvalue weighted by atomic mass is 10.5. The van der Waals surface area contributed by atoms with Crippen LogP contribution in [0.1, 0.15) is 27.7 Å². The van der Waals surface area contributed by atoms with Gasteiger partial charge in [0.25, 0.3) is 0 Å². The van der Waals surface area contributed by atoms with Crippen LogP contribution in [0.5, 0.6) is 0 Å². The van der Waals surface area contributed by atoms with Gasteiger partial charge in [0.2, 0.25) is 0 Å². The van der Waals surface area contributed by atoms with Gasteiger partial charge in [0.05, 0.1) is 25.1 Å². The number of nitrogen functional groups attached to an aromatic ring is 1. The molecule has 10 nitrogen and oxygen atoms in total. The first-order valence-electron chi connectivity index (χ1n) is 7.64. The summed E-state index contributed by atoms with van der Waals surface area (Å²) in [6.07, 6.45) is 1.02. The first-order chi connectivity index (χ1) is 11.3. The van der Waals surface area contributed by atoms with Gasteiger partial charge in [0, 0.05) is 6.54 Å². The predicted molar refractivity (Wildman–Crippen MR) is 88.4 cm³/mol. The fourth-order valence-electron chi connectivity index (χ4n) is 2.05. The summed E-state index contributed by atoms with van der Waals surface area (Å²) >= 11 is 0. The molecule has 0 saturated carbocycles. The summed E-state index contributed by atoms with van der Waals surface area (Å²) < 4.78 is 30.7. The zero-order chi connectivity index (χ0) is 17.7. The van der Waals surface area contributed by atoms with Gasteiger partial charge in [-0.25, -0.2) is 4.98 Å². The average molecular weight is 358 g/mol. The van der Waals surface area contributed by atoms with E-state index in [-0.39, 0.29) is 31.0 Å². The largest absolute Gasteiger partial charge is 0.380 e. The third-order valence-corrected chi connectivity index (χ3v) is 4.80. The van der Waals surface area contributed by atoms with Gasteiger partial charge in [-0.2, -0.15) is 0 Å². The van der Waals surface area contributed by atoms with Crippen molar-refractivity contribution < 1.29 is 18.3 Å². The highest BCUT2D eigenvalue weighted by Crippen LogP contribution is 2.50. The number of imidazole rings is 1. The Morgan fingerprint density at radius 2 is 1.88 bits per heavy atom. The normalized spacial score (nSPS) is 12.6. The number of hydrogen-bond acceptors (Lipinski definition) is 9. The van der Waals surface area contributed by atoms with Crippen LogP contribution in [-0.2, 0) is 24.9 Å². The van der Waals surface area contributed by atoms with Crippen LogP contribution in [0.15, 0.2) is 6.33 Å². The van der Waals surface area contributed by atoms with E-state index in [1.165, 1.54) is 0 Å². The summed E-state index contributed by atoms with van der Waals surface area (Å²) in [5, 5.41) is 11.1. The van der Waals surface area contributed by atoms with Crippen LogP contribution in [0.25, 0.3) is 11.2 Å². The first kappa shape index (κ1) is 18.7. The molecule has 2 N–H and O–H groups in total. The van der Waals surface area contributed by atoms with E-state index in [1.807, 2.05) is 0 Å². The summed E-state index contributed by atoms with van der Waals surface area (Å²) in [5.41, 5.74) is 6.69. The zero-order valence-electron chi connectivity index (χ0n) is 14.2. The Kier molecular flexibility index (Phi) is 6.22. The van der Waals surface area contributed by atoms with Gasteiger partial charge in [-0.15, -0.1) is 10.2 Å². The molecule has 2 aromatic rings. The summed E-state index contributed by atoms with van der Waals surface area (Å²) in [7, 11) is -3.30. The van der Waals surface area contributed by atoms with Crippen molar-refractivity contribution in [3.63, 3.8) is 0 Å². The third-order valence-electron chi connectivity index (χ3n) is 2.81. The highest BCUT2D eigenvalue weighted by Gasteiger charge is 2.28. The van der Waals surface area contributed by atoms with Crippen LogP contribution in [-0.4, -0.2) is 50.1 Å². The molecular formula is C13H23N6O4P. The predicted octanol–water partition coefficient (Wildman–Crippen LogP) is 1.82. The summed E-state index contributed by atoms with van der Waals surface area (Å²) in [5.74, 6) is 0.222. The standard InChI is InChI=1S/C13H23N6O4P/c1-9(2)22-24(20,23-10(3)4)8-21-6-5-19-7-15-11-12(14)16-18-17-13(11)19/h7,9-10H,5-6,8H2,1-4H3,(H2,14,16,17). The van der Waals surface area contributed by atoms with E-state index in [2.05, 4.69) is 20.4 Å². The SMILES string of the molecule is CC(C)OP(=O)(COCCn1cnc2c(N)nnnc21)OC(C)C. The molecule has 24 heavy (non-hydrogen) atoms. The molecule has 0 radical (unpaired) electrons. The van der Waals surface area contributed by atoms with E-state index >= 15 is 0 Å². The van der Waals surface area contributed by atoms with Crippen molar-refractivity contribution in [1.29, 1.82) is 0 Å². The van der Waals surface area contributed by atoms with Crippen molar-refractivity contribution in [3.8, 4) is 0 Å². The molecular weight excluding hydrogens is 335 g/mol. The van der Waals surface area contributed by atoms with Crippen molar-refractivity contribution in [2.45, 2.75) is 46.4 Å². The van der Waals surface area contributed by atoms with Crippen molar-refractivity contribution in [2.75, 3.05) is 18.7 Å². The lowest BCUT2D eigenvalue weighted by Gasteiger charge is -2.22. The molecule has 0 aliphatic carbocycles. The molecule has 0 bridgehead atoms. The Bertz CT molecular complexity index is 706. The van der Waals surface area contributed by atoms with Gasteiger partial charge in [0.1, 0.15) is 6.35 Å². The van der Waals surface area contributed by atoms with Crippen molar-refractivity contribution in [3.05, 3.63) is 6.33 Å². The highest BCUT2D eigenvalue weighted by molar-refractivity contribution is 7.53. The number of fused-ring (bicyclic) bond motifs is 1. The van der Waals surface area contributed by atoms with E-state index < -0.39 is 7.60 Å². The van der Waals surface area contributed by atoms with Crippen LogP contribution in [0, 0.1) is 0 Å². The second kappa shape index (κ2) is 7.98. The molecule has 0 unspecified atom stereocenters. The molecule has 0 aliphatic heterocycles. The van der Waals surface area contributed by atoms with Gasteiger partial charge in [-0.3, -0.25) is 4.57 Å².